The van der Waals surface area contributed by atoms with Crippen LogP contribution in [0.1, 0.15) is 18.1 Å². The number of nitrogens with one attached hydrogen (secondary N) is 1. The van der Waals surface area contributed by atoms with E-state index >= 15 is 0 Å². The van der Waals surface area contributed by atoms with Crippen molar-refractivity contribution < 1.29 is 4.74 Å². The summed E-state index contributed by atoms with van der Waals surface area (Å²) in [5, 5.41) is 4.01. The number of ether oxygens (including phenoxy) is 1. The van der Waals surface area contributed by atoms with Gasteiger partial charge in [0.05, 0.1) is 0 Å². The van der Waals surface area contributed by atoms with Gasteiger partial charge in [0.15, 0.2) is 0 Å². The van der Waals surface area contributed by atoms with Gasteiger partial charge in [0, 0.05) is 17.1 Å². The van der Waals surface area contributed by atoms with E-state index in [0.29, 0.717) is 6.54 Å². The number of hydrogen-bond acceptors (Lipinski definition) is 2. The first-order valence-corrected chi connectivity index (χ1v) is 6.81. The second-order valence-corrected chi connectivity index (χ2v) is 4.82. The Hall–Kier alpha value is -1.51. The molecule has 0 aromatic heterocycles. The van der Waals surface area contributed by atoms with E-state index in [1.807, 2.05) is 49.4 Å². The maximum Gasteiger partial charge on any atom is 0.133 e. The van der Waals surface area contributed by atoms with Crippen LogP contribution in [0.2, 0.25) is 5.02 Å². The van der Waals surface area contributed by atoms with Gasteiger partial charge < -0.3 is 10.1 Å². The highest BCUT2D eigenvalue weighted by atomic mass is 35.5. The normalized spacial score (nSPS) is 10.5. The topological polar surface area (TPSA) is 21.3 Å². The number of halogens is 1. The number of rotatable bonds is 5. The second kappa shape index (κ2) is 6.60. The highest BCUT2D eigenvalue weighted by Gasteiger charge is 2.08. The van der Waals surface area contributed by atoms with E-state index in [1.165, 1.54) is 5.56 Å². The van der Waals surface area contributed by atoms with Gasteiger partial charge in [0.2, 0.25) is 0 Å². The summed E-state index contributed by atoms with van der Waals surface area (Å²) in [6, 6.07) is 13.7. The van der Waals surface area contributed by atoms with Crippen LogP contribution in [0.15, 0.2) is 42.5 Å². The van der Waals surface area contributed by atoms with Crippen molar-refractivity contribution in [3.63, 3.8) is 0 Å². The van der Waals surface area contributed by atoms with E-state index in [0.717, 1.165) is 28.6 Å². The first-order valence-electron chi connectivity index (χ1n) is 6.43. The third-order valence-electron chi connectivity index (χ3n) is 2.84. The molecular formula is C16H18ClNO. The first-order chi connectivity index (χ1) is 9.20. The lowest BCUT2D eigenvalue weighted by molar-refractivity contribution is 0.473. The molecule has 0 aliphatic carbocycles. The second-order valence-electron chi connectivity index (χ2n) is 4.42. The molecule has 3 heteroatoms. The first kappa shape index (κ1) is 13.9. The largest absolute Gasteiger partial charge is 0.457 e. The lowest BCUT2D eigenvalue weighted by Crippen LogP contribution is -2.12. The summed E-state index contributed by atoms with van der Waals surface area (Å²) in [6.07, 6.45) is 0. The molecule has 1 N–H and O–H groups in total. The van der Waals surface area contributed by atoms with Crippen LogP contribution in [-0.4, -0.2) is 6.54 Å². The van der Waals surface area contributed by atoms with Crippen molar-refractivity contribution >= 4 is 11.6 Å². The Morgan fingerprint density at radius 2 is 1.95 bits per heavy atom. The van der Waals surface area contributed by atoms with Crippen LogP contribution in [-0.2, 0) is 6.54 Å². The van der Waals surface area contributed by atoms with Gasteiger partial charge in [-0.2, -0.15) is 0 Å². The summed E-state index contributed by atoms with van der Waals surface area (Å²) in [5.74, 6) is 1.64. The Bertz CT molecular complexity index is 554. The Morgan fingerprint density at radius 1 is 1.16 bits per heavy atom. The molecule has 19 heavy (non-hydrogen) atoms. The maximum atomic E-state index is 6.24. The van der Waals surface area contributed by atoms with Gasteiger partial charge in [-0.1, -0.05) is 36.7 Å². The Morgan fingerprint density at radius 3 is 2.68 bits per heavy atom. The fraction of sp³-hybridized carbons (Fsp3) is 0.250. The van der Waals surface area contributed by atoms with Crippen molar-refractivity contribution in [2.75, 3.05) is 6.54 Å². The monoisotopic (exact) mass is 275 g/mol. The fourth-order valence-corrected chi connectivity index (χ4v) is 2.09. The van der Waals surface area contributed by atoms with Crippen molar-refractivity contribution in [2.45, 2.75) is 20.4 Å². The molecule has 0 spiro atoms. The van der Waals surface area contributed by atoms with Crippen molar-refractivity contribution in [3.8, 4) is 11.5 Å². The summed E-state index contributed by atoms with van der Waals surface area (Å²) < 4.78 is 5.94. The lowest BCUT2D eigenvalue weighted by atomic mass is 10.2. The van der Waals surface area contributed by atoms with E-state index in [1.54, 1.807) is 0 Å². The predicted octanol–water partition coefficient (Wildman–Crippen LogP) is 4.55. The highest BCUT2D eigenvalue weighted by Crippen LogP contribution is 2.30. The standard InChI is InChI=1S/C16H18ClNO/c1-3-18-11-14-15(17)8-5-9-16(14)19-13-7-4-6-12(2)10-13/h4-10,18H,3,11H2,1-2H3. The summed E-state index contributed by atoms with van der Waals surface area (Å²) >= 11 is 6.24. The predicted molar refractivity (Wildman–Crippen MR) is 80.1 cm³/mol. The molecule has 2 aromatic carbocycles. The Balaban J connectivity index is 2.26. The van der Waals surface area contributed by atoms with E-state index in [9.17, 15) is 0 Å². The smallest absolute Gasteiger partial charge is 0.133 e. The van der Waals surface area contributed by atoms with Gasteiger partial charge in [-0.15, -0.1) is 0 Å². The van der Waals surface area contributed by atoms with Gasteiger partial charge in [0.1, 0.15) is 11.5 Å². The van der Waals surface area contributed by atoms with Crippen LogP contribution in [0.3, 0.4) is 0 Å². The highest BCUT2D eigenvalue weighted by molar-refractivity contribution is 6.31. The Kier molecular flexibility index (Phi) is 4.83. The number of aryl methyl sites for hydroxylation is 1. The van der Waals surface area contributed by atoms with Crippen LogP contribution >= 0.6 is 11.6 Å². The molecule has 0 bridgehead atoms. The van der Waals surface area contributed by atoms with Crippen LogP contribution in [0.4, 0.5) is 0 Å². The molecule has 0 heterocycles. The zero-order chi connectivity index (χ0) is 13.7. The molecule has 0 amide bonds. The molecular weight excluding hydrogens is 258 g/mol. The van der Waals surface area contributed by atoms with Crippen LogP contribution < -0.4 is 10.1 Å². The van der Waals surface area contributed by atoms with E-state index in [4.69, 9.17) is 16.3 Å². The average Bonchev–Trinajstić information content (AvgIpc) is 2.38. The summed E-state index contributed by atoms with van der Waals surface area (Å²) in [7, 11) is 0. The fourth-order valence-electron chi connectivity index (χ4n) is 1.86. The van der Waals surface area contributed by atoms with E-state index in [-0.39, 0.29) is 0 Å². The summed E-state index contributed by atoms with van der Waals surface area (Å²) in [4.78, 5) is 0. The molecule has 0 saturated carbocycles. The van der Waals surface area contributed by atoms with Gasteiger partial charge in [0.25, 0.3) is 0 Å². The molecule has 2 rings (SSSR count). The molecule has 0 atom stereocenters. The molecule has 0 unspecified atom stereocenters. The van der Waals surface area contributed by atoms with Crippen molar-refractivity contribution in [3.05, 3.63) is 58.6 Å². The summed E-state index contributed by atoms with van der Waals surface area (Å²) in [5.41, 5.74) is 2.17. The van der Waals surface area contributed by atoms with E-state index in [2.05, 4.69) is 12.2 Å². The van der Waals surface area contributed by atoms with Crippen molar-refractivity contribution in [1.29, 1.82) is 0 Å². The van der Waals surface area contributed by atoms with Crippen molar-refractivity contribution in [2.24, 2.45) is 0 Å². The third kappa shape index (κ3) is 3.72. The van der Waals surface area contributed by atoms with Crippen molar-refractivity contribution in [1.82, 2.24) is 5.32 Å². The molecule has 100 valence electrons. The Labute approximate surface area is 119 Å². The zero-order valence-electron chi connectivity index (χ0n) is 11.2. The number of hydrogen-bond donors (Lipinski definition) is 1. The number of benzene rings is 2. The average molecular weight is 276 g/mol. The minimum Gasteiger partial charge on any atom is -0.457 e. The molecule has 0 aliphatic rings. The molecule has 0 radical (unpaired) electrons. The molecule has 0 fully saturated rings. The van der Waals surface area contributed by atoms with E-state index < -0.39 is 0 Å². The van der Waals surface area contributed by atoms with Crippen LogP contribution in [0.5, 0.6) is 11.5 Å². The van der Waals surface area contributed by atoms with Gasteiger partial charge >= 0.3 is 0 Å². The van der Waals surface area contributed by atoms with Crippen LogP contribution in [0.25, 0.3) is 0 Å². The van der Waals surface area contributed by atoms with Crippen LogP contribution in [0, 0.1) is 6.92 Å². The molecule has 0 aliphatic heterocycles. The molecule has 2 nitrogen and oxygen atoms in total. The minimum absolute atomic E-state index is 0.706. The SMILES string of the molecule is CCNCc1c(Cl)cccc1Oc1cccc(C)c1. The van der Waals surface area contributed by atoms with Gasteiger partial charge in [-0.25, -0.2) is 0 Å². The van der Waals surface area contributed by atoms with Gasteiger partial charge in [-0.3, -0.25) is 0 Å². The van der Waals surface area contributed by atoms with Gasteiger partial charge in [-0.05, 0) is 43.3 Å². The lowest BCUT2D eigenvalue weighted by Gasteiger charge is -2.13. The molecule has 0 saturated heterocycles. The third-order valence-corrected chi connectivity index (χ3v) is 3.20. The maximum absolute atomic E-state index is 6.24. The summed E-state index contributed by atoms with van der Waals surface area (Å²) in [6.45, 7) is 5.72. The molecule has 2 aromatic rings. The zero-order valence-corrected chi connectivity index (χ0v) is 12.0. The quantitative estimate of drug-likeness (QED) is 0.864. The minimum atomic E-state index is 0.706.